The smallest absolute Gasteiger partial charge is 0.274 e. The summed E-state index contributed by atoms with van der Waals surface area (Å²) in [6.45, 7) is 5.58. The third-order valence-electron chi connectivity index (χ3n) is 4.53. The molecule has 1 saturated carbocycles. The Hall–Kier alpha value is -2.22. The standard InChI is InChI=1S/C16H22N6O2/c1-9(2)14-17-15(21-20-14)13-8-22(5-6-24-13)16(23)12-7-11(18-19-12)10-3-4-10/h7,9-10,13H,3-6,8H2,1-2H3,(H,18,19)(H,17,20,21)/t13-/m1/s1. The van der Waals surface area contributed by atoms with Gasteiger partial charge >= 0.3 is 0 Å². The molecule has 2 aromatic rings. The molecule has 0 unspecified atom stereocenters. The molecule has 0 bridgehead atoms. The summed E-state index contributed by atoms with van der Waals surface area (Å²) >= 11 is 0. The Morgan fingerprint density at radius 1 is 1.33 bits per heavy atom. The zero-order chi connectivity index (χ0) is 16.7. The molecule has 1 aliphatic heterocycles. The Labute approximate surface area is 140 Å². The van der Waals surface area contributed by atoms with Crippen LogP contribution in [0.4, 0.5) is 0 Å². The molecule has 24 heavy (non-hydrogen) atoms. The quantitative estimate of drug-likeness (QED) is 0.889. The van der Waals surface area contributed by atoms with E-state index in [0.29, 0.717) is 37.1 Å². The highest BCUT2D eigenvalue weighted by molar-refractivity contribution is 5.92. The minimum atomic E-state index is -0.274. The highest BCUT2D eigenvalue weighted by Crippen LogP contribution is 2.39. The minimum absolute atomic E-state index is 0.0601. The van der Waals surface area contributed by atoms with Gasteiger partial charge in [0.15, 0.2) is 11.6 Å². The molecule has 2 aliphatic rings. The molecule has 1 aliphatic carbocycles. The summed E-state index contributed by atoms with van der Waals surface area (Å²) in [5, 5.41) is 14.3. The summed E-state index contributed by atoms with van der Waals surface area (Å²) in [6.07, 6.45) is 2.09. The summed E-state index contributed by atoms with van der Waals surface area (Å²) < 4.78 is 5.77. The lowest BCUT2D eigenvalue weighted by molar-refractivity contribution is -0.0268. The lowest BCUT2D eigenvalue weighted by atomic mass is 10.2. The number of nitrogens with zero attached hydrogens (tertiary/aromatic N) is 4. The monoisotopic (exact) mass is 330 g/mol. The van der Waals surface area contributed by atoms with Gasteiger partial charge in [-0.25, -0.2) is 4.98 Å². The van der Waals surface area contributed by atoms with Crippen molar-refractivity contribution >= 4 is 5.91 Å². The fourth-order valence-electron chi connectivity index (χ4n) is 2.90. The molecule has 0 radical (unpaired) electrons. The van der Waals surface area contributed by atoms with E-state index in [0.717, 1.165) is 11.5 Å². The first-order chi connectivity index (χ1) is 11.6. The molecule has 2 aromatic heterocycles. The first-order valence-corrected chi connectivity index (χ1v) is 8.50. The van der Waals surface area contributed by atoms with Gasteiger partial charge in [0.1, 0.15) is 11.8 Å². The fourth-order valence-corrected chi connectivity index (χ4v) is 2.90. The number of carbonyl (C=O) groups excluding carboxylic acids is 1. The van der Waals surface area contributed by atoms with Crippen LogP contribution in [0.5, 0.6) is 0 Å². The first kappa shape index (κ1) is 15.3. The molecule has 0 spiro atoms. The second-order valence-electron chi connectivity index (χ2n) is 6.83. The van der Waals surface area contributed by atoms with Crippen LogP contribution in [-0.2, 0) is 4.74 Å². The van der Waals surface area contributed by atoms with E-state index in [1.807, 2.05) is 19.9 Å². The molecule has 1 amide bonds. The molecule has 1 saturated heterocycles. The van der Waals surface area contributed by atoms with E-state index in [1.165, 1.54) is 12.8 Å². The third kappa shape index (κ3) is 2.93. The van der Waals surface area contributed by atoms with Crippen LogP contribution in [0.1, 0.15) is 72.5 Å². The van der Waals surface area contributed by atoms with Gasteiger partial charge in [0.05, 0.1) is 13.2 Å². The molecule has 3 heterocycles. The van der Waals surface area contributed by atoms with Crippen molar-refractivity contribution in [2.75, 3.05) is 19.7 Å². The van der Waals surface area contributed by atoms with Gasteiger partial charge in [0.25, 0.3) is 5.91 Å². The fraction of sp³-hybridized carbons (Fsp3) is 0.625. The molecule has 0 aromatic carbocycles. The average molecular weight is 330 g/mol. The normalized spacial score (nSPS) is 21.5. The highest BCUT2D eigenvalue weighted by Gasteiger charge is 2.31. The second kappa shape index (κ2) is 6.01. The van der Waals surface area contributed by atoms with Gasteiger partial charge in [-0.2, -0.15) is 10.2 Å². The molecule has 1 atom stereocenters. The van der Waals surface area contributed by atoms with Gasteiger partial charge in [0, 0.05) is 24.1 Å². The van der Waals surface area contributed by atoms with Gasteiger partial charge in [-0.05, 0) is 18.9 Å². The van der Waals surface area contributed by atoms with Crippen LogP contribution in [-0.4, -0.2) is 55.9 Å². The third-order valence-corrected chi connectivity index (χ3v) is 4.53. The van der Waals surface area contributed by atoms with Crippen molar-refractivity contribution in [3.63, 3.8) is 0 Å². The molecule has 128 valence electrons. The van der Waals surface area contributed by atoms with Crippen LogP contribution < -0.4 is 0 Å². The number of H-pyrrole nitrogens is 2. The number of nitrogens with one attached hydrogen (secondary N) is 2. The van der Waals surface area contributed by atoms with Crippen molar-refractivity contribution in [2.24, 2.45) is 0 Å². The summed E-state index contributed by atoms with van der Waals surface area (Å²) in [5.41, 5.74) is 1.55. The molecule has 2 fully saturated rings. The maximum absolute atomic E-state index is 12.7. The van der Waals surface area contributed by atoms with E-state index in [9.17, 15) is 4.79 Å². The van der Waals surface area contributed by atoms with Crippen LogP contribution in [0, 0.1) is 0 Å². The molecular weight excluding hydrogens is 308 g/mol. The van der Waals surface area contributed by atoms with E-state index in [4.69, 9.17) is 4.74 Å². The number of hydrogen-bond donors (Lipinski definition) is 2. The second-order valence-corrected chi connectivity index (χ2v) is 6.83. The van der Waals surface area contributed by atoms with E-state index < -0.39 is 0 Å². The Bertz CT molecular complexity index is 733. The molecular formula is C16H22N6O2. The van der Waals surface area contributed by atoms with Crippen molar-refractivity contribution in [3.05, 3.63) is 29.1 Å². The zero-order valence-electron chi connectivity index (χ0n) is 14.0. The van der Waals surface area contributed by atoms with Gasteiger partial charge in [-0.15, -0.1) is 0 Å². The van der Waals surface area contributed by atoms with Crippen molar-refractivity contribution in [1.29, 1.82) is 0 Å². The van der Waals surface area contributed by atoms with Gasteiger partial charge in [-0.3, -0.25) is 15.0 Å². The SMILES string of the molecule is CC(C)c1n[nH]c([C@H]2CN(C(=O)c3cc(C4CC4)[nH]n3)CCO2)n1. The number of amides is 1. The maximum Gasteiger partial charge on any atom is 0.274 e. The summed E-state index contributed by atoms with van der Waals surface area (Å²) in [7, 11) is 0. The van der Waals surface area contributed by atoms with Gasteiger partial charge in [-0.1, -0.05) is 13.8 Å². The molecule has 8 nitrogen and oxygen atoms in total. The number of ether oxygens (including phenoxy) is 1. The number of rotatable bonds is 4. The predicted octanol–water partition coefficient (Wildman–Crippen LogP) is 1.74. The Balaban J connectivity index is 1.45. The number of aromatic amines is 2. The van der Waals surface area contributed by atoms with Crippen molar-refractivity contribution in [2.45, 2.75) is 44.6 Å². The Kier molecular flexibility index (Phi) is 3.84. The summed E-state index contributed by atoms with van der Waals surface area (Å²) in [4.78, 5) is 18.9. The van der Waals surface area contributed by atoms with Crippen LogP contribution >= 0.6 is 0 Å². The molecule has 4 rings (SSSR count). The van der Waals surface area contributed by atoms with Crippen molar-refractivity contribution in [3.8, 4) is 0 Å². The first-order valence-electron chi connectivity index (χ1n) is 8.50. The lowest BCUT2D eigenvalue weighted by Gasteiger charge is -2.31. The van der Waals surface area contributed by atoms with Crippen molar-refractivity contribution in [1.82, 2.24) is 30.3 Å². The van der Waals surface area contributed by atoms with E-state index in [2.05, 4.69) is 25.4 Å². The van der Waals surface area contributed by atoms with E-state index in [-0.39, 0.29) is 17.9 Å². The van der Waals surface area contributed by atoms with Gasteiger partial charge < -0.3 is 9.64 Å². The largest absolute Gasteiger partial charge is 0.367 e. The minimum Gasteiger partial charge on any atom is -0.367 e. The van der Waals surface area contributed by atoms with E-state index in [1.54, 1.807) is 4.90 Å². The lowest BCUT2D eigenvalue weighted by Crippen LogP contribution is -2.42. The maximum atomic E-state index is 12.7. The Morgan fingerprint density at radius 2 is 2.17 bits per heavy atom. The van der Waals surface area contributed by atoms with E-state index >= 15 is 0 Å². The highest BCUT2D eigenvalue weighted by atomic mass is 16.5. The van der Waals surface area contributed by atoms with Crippen molar-refractivity contribution < 1.29 is 9.53 Å². The van der Waals surface area contributed by atoms with Crippen LogP contribution in [0.2, 0.25) is 0 Å². The topological polar surface area (TPSA) is 99.8 Å². The molecule has 8 heteroatoms. The molecule has 2 N–H and O–H groups in total. The summed E-state index contributed by atoms with van der Waals surface area (Å²) in [5.74, 6) is 2.19. The average Bonchev–Trinajstić information content (AvgIpc) is 3.13. The van der Waals surface area contributed by atoms with Crippen LogP contribution in [0.3, 0.4) is 0 Å². The number of morpholine rings is 1. The Morgan fingerprint density at radius 3 is 2.88 bits per heavy atom. The number of aromatic nitrogens is 5. The predicted molar refractivity (Wildman–Crippen MR) is 85.6 cm³/mol. The summed E-state index contributed by atoms with van der Waals surface area (Å²) in [6, 6.07) is 1.88. The van der Waals surface area contributed by atoms with Crippen LogP contribution in [0.15, 0.2) is 6.07 Å². The number of hydrogen-bond acceptors (Lipinski definition) is 5. The zero-order valence-corrected chi connectivity index (χ0v) is 14.0. The van der Waals surface area contributed by atoms with Gasteiger partial charge in [0.2, 0.25) is 0 Å². The van der Waals surface area contributed by atoms with Crippen LogP contribution in [0.25, 0.3) is 0 Å². The number of carbonyl (C=O) groups is 1.